The van der Waals surface area contributed by atoms with Crippen LogP contribution in [0.3, 0.4) is 0 Å². The van der Waals surface area contributed by atoms with Gasteiger partial charge in [-0.1, -0.05) is 11.6 Å². The Hall–Kier alpha value is -2.53. The van der Waals surface area contributed by atoms with E-state index in [0.29, 0.717) is 17.2 Å². The molecule has 1 aromatic heterocycles. The minimum atomic E-state index is -1.10. The standard InChI is InChI=1S/C15H10ClNO4/c1-20-10-4-2-8(3-5-10)14-17-13-11(15(18)19)6-9(16)7-12(13)21-14/h2-7H,1H3,(H,18,19). The summed E-state index contributed by atoms with van der Waals surface area (Å²) in [5.74, 6) is -0.0568. The Kier molecular flexibility index (Phi) is 3.27. The number of oxazole rings is 1. The molecule has 0 unspecified atom stereocenters. The molecule has 0 saturated heterocycles. The molecule has 3 aromatic rings. The van der Waals surface area contributed by atoms with E-state index in [0.717, 1.165) is 5.56 Å². The third-order valence-electron chi connectivity index (χ3n) is 3.03. The zero-order chi connectivity index (χ0) is 15.0. The minimum absolute atomic E-state index is 0.0148. The van der Waals surface area contributed by atoms with Gasteiger partial charge in [0.15, 0.2) is 5.58 Å². The van der Waals surface area contributed by atoms with Crippen LogP contribution < -0.4 is 4.74 Å². The molecule has 6 heteroatoms. The van der Waals surface area contributed by atoms with Crippen LogP contribution in [0.4, 0.5) is 0 Å². The molecule has 0 amide bonds. The van der Waals surface area contributed by atoms with Gasteiger partial charge in [-0.05, 0) is 30.3 Å². The number of rotatable bonds is 3. The molecule has 0 spiro atoms. The van der Waals surface area contributed by atoms with Gasteiger partial charge in [0, 0.05) is 16.7 Å². The molecular formula is C15H10ClNO4. The number of aromatic carboxylic acids is 1. The normalized spacial score (nSPS) is 10.8. The summed E-state index contributed by atoms with van der Waals surface area (Å²) < 4.78 is 10.7. The lowest BCUT2D eigenvalue weighted by atomic mass is 10.2. The van der Waals surface area contributed by atoms with Gasteiger partial charge in [0.05, 0.1) is 12.7 Å². The number of hydrogen-bond donors (Lipinski definition) is 1. The van der Waals surface area contributed by atoms with E-state index in [9.17, 15) is 9.90 Å². The van der Waals surface area contributed by atoms with Crippen molar-refractivity contribution in [3.63, 3.8) is 0 Å². The number of methoxy groups -OCH3 is 1. The van der Waals surface area contributed by atoms with Gasteiger partial charge < -0.3 is 14.3 Å². The summed E-state index contributed by atoms with van der Waals surface area (Å²) in [5.41, 5.74) is 1.35. The summed E-state index contributed by atoms with van der Waals surface area (Å²) >= 11 is 5.90. The molecule has 0 aliphatic carbocycles. The highest BCUT2D eigenvalue weighted by atomic mass is 35.5. The highest BCUT2D eigenvalue weighted by Crippen LogP contribution is 2.29. The fourth-order valence-electron chi connectivity index (χ4n) is 2.02. The first kappa shape index (κ1) is 13.5. The van der Waals surface area contributed by atoms with Crippen molar-refractivity contribution >= 4 is 28.7 Å². The Morgan fingerprint density at radius 2 is 2.00 bits per heavy atom. The number of benzene rings is 2. The Morgan fingerprint density at radius 3 is 2.62 bits per heavy atom. The van der Waals surface area contributed by atoms with Gasteiger partial charge in [-0.3, -0.25) is 0 Å². The van der Waals surface area contributed by atoms with Crippen molar-refractivity contribution in [1.82, 2.24) is 4.98 Å². The number of nitrogens with zero attached hydrogens (tertiary/aromatic N) is 1. The minimum Gasteiger partial charge on any atom is -0.497 e. The van der Waals surface area contributed by atoms with Gasteiger partial charge in [0.2, 0.25) is 5.89 Å². The highest BCUT2D eigenvalue weighted by Gasteiger charge is 2.17. The molecule has 0 saturated carbocycles. The van der Waals surface area contributed by atoms with Gasteiger partial charge in [-0.2, -0.15) is 0 Å². The summed E-state index contributed by atoms with van der Waals surface area (Å²) in [5, 5.41) is 9.49. The number of carboxylic acids is 1. The highest BCUT2D eigenvalue weighted by molar-refractivity contribution is 6.31. The van der Waals surface area contributed by atoms with E-state index >= 15 is 0 Å². The fourth-order valence-corrected chi connectivity index (χ4v) is 2.22. The topological polar surface area (TPSA) is 72.6 Å². The lowest BCUT2D eigenvalue weighted by molar-refractivity contribution is 0.0699. The first-order valence-corrected chi connectivity index (χ1v) is 6.44. The molecule has 0 atom stereocenters. The van der Waals surface area contributed by atoms with Gasteiger partial charge >= 0.3 is 5.97 Å². The average Bonchev–Trinajstić information content (AvgIpc) is 2.90. The van der Waals surface area contributed by atoms with Crippen LogP contribution in [0.1, 0.15) is 10.4 Å². The predicted octanol–water partition coefficient (Wildman–Crippen LogP) is 3.86. The van der Waals surface area contributed by atoms with Crippen molar-refractivity contribution in [2.24, 2.45) is 0 Å². The second-order valence-electron chi connectivity index (χ2n) is 4.35. The average molecular weight is 304 g/mol. The first-order valence-electron chi connectivity index (χ1n) is 6.06. The van der Waals surface area contributed by atoms with Crippen molar-refractivity contribution in [2.45, 2.75) is 0 Å². The third-order valence-corrected chi connectivity index (χ3v) is 3.25. The largest absolute Gasteiger partial charge is 0.497 e. The van der Waals surface area contributed by atoms with E-state index in [1.807, 2.05) is 0 Å². The third kappa shape index (κ3) is 2.43. The van der Waals surface area contributed by atoms with E-state index in [4.69, 9.17) is 20.8 Å². The molecule has 21 heavy (non-hydrogen) atoms. The Labute approximate surface area is 124 Å². The quantitative estimate of drug-likeness (QED) is 0.795. The second-order valence-corrected chi connectivity index (χ2v) is 4.79. The first-order chi connectivity index (χ1) is 10.1. The molecule has 0 radical (unpaired) electrons. The number of carboxylic acid groups (broad SMARTS) is 1. The summed E-state index contributed by atoms with van der Waals surface area (Å²) in [6, 6.07) is 10.0. The molecule has 0 aliphatic rings. The molecule has 3 rings (SSSR count). The van der Waals surface area contributed by atoms with E-state index in [1.54, 1.807) is 37.4 Å². The molecule has 0 fully saturated rings. The van der Waals surface area contributed by atoms with Crippen LogP contribution in [0.15, 0.2) is 40.8 Å². The maximum atomic E-state index is 11.2. The van der Waals surface area contributed by atoms with Crippen molar-refractivity contribution in [2.75, 3.05) is 7.11 Å². The van der Waals surface area contributed by atoms with Crippen LogP contribution in [0.25, 0.3) is 22.6 Å². The van der Waals surface area contributed by atoms with Crippen molar-refractivity contribution < 1.29 is 19.1 Å². The number of aromatic nitrogens is 1. The molecule has 0 aliphatic heterocycles. The molecular weight excluding hydrogens is 294 g/mol. The van der Waals surface area contributed by atoms with E-state index in [2.05, 4.69) is 4.98 Å². The second kappa shape index (κ2) is 5.10. The zero-order valence-electron chi connectivity index (χ0n) is 11.0. The molecule has 1 N–H and O–H groups in total. The van der Waals surface area contributed by atoms with Crippen LogP contribution in [-0.4, -0.2) is 23.2 Å². The summed E-state index contributed by atoms with van der Waals surface area (Å²) in [7, 11) is 1.58. The van der Waals surface area contributed by atoms with E-state index < -0.39 is 5.97 Å². The smallest absolute Gasteiger partial charge is 0.338 e. The fraction of sp³-hybridized carbons (Fsp3) is 0.0667. The van der Waals surface area contributed by atoms with Crippen LogP contribution in [-0.2, 0) is 0 Å². The van der Waals surface area contributed by atoms with Crippen molar-refractivity contribution in [3.05, 3.63) is 47.0 Å². The summed E-state index contributed by atoms with van der Waals surface area (Å²) in [6.45, 7) is 0. The van der Waals surface area contributed by atoms with E-state index in [-0.39, 0.29) is 16.1 Å². The summed E-state index contributed by atoms with van der Waals surface area (Å²) in [6.07, 6.45) is 0. The van der Waals surface area contributed by atoms with Crippen molar-refractivity contribution in [1.29, 1.82) is 0 Å². The van der Waals surface area contributed by atoms with E-state index in [1.165, 1.54) is 6.07 Å². The van der Waals surface area contributed by atoms with Crippen molar-refractivity contribution in [3.8, 4) is 17.2 Å². The number of carbonyl (C=O) groups is 1. The van der Waals surface area contributed by atoms with Gasteiger partial charge in [-0.25, -0.2) is 9.78 Å². The molecule has 2 aromatic carbocycles. The number of fused-ring (bicyclic) bond motifs is 1. The summed E-state index contributed by atoms with van der Waals surface area (Å²) in [4.78, 5) is 15.5. The maximum absolute atomic E-state index is 11.2. The van der Waals surface area contributed by atoms with Crippen LogP contribution in [0.2, 0.25) is 5.02 Å². The Morgan fingerprint density at radius 1 is 1.29 bits per heavy atom. The lowest BCUT2D eigenvalue weighted by Crippen LogP contribution is -1.97. The van der Waals surface area contributed by atoms with Crippen LogP contribution in [0, 0.1) is 0 Å². The maximum Gasteiger partial charge on any atom is 0.338 e. The molecule has 1 heterocycles. The Balaban J connectivity index is 2.16. The lowest BCUT2D eigenvalue weighted by Gasteiger charge is -1.99. The number of ether oxygens (including phenoxy) is 1. The SMILES string of the molecule is COc1ccc(-c2nc3c(C(=O)O)cc(Cl)cc3o2)cc1. The monoisotopic (exact) mass is 303 g/mol. The number of hydrogen-bond acceptors (Lipinski definition) is 4. The molecule has 106 valence electrons. The van der Waals surface area contributed by atoms with Gasteiger partial charge in [0.1, 0.15) is 11.3 Å². The Bertz CT molecular complexity index is 824. The van der Waals surface area contributed by atoms with Gasteiger partial charge in [0.25, 0.3) is 0 Å². The molecule has 5 nitrogen and oxygen atoms in total. The predicted molar refractivity (Wildman–Crippen MR) is 78.0 cm³/mol. The zero-order valence-corrected chi connectivity index (χ0v) is 11.7. The van der Waals surface area contributed by atoms with Crippen LogP contribution >= 0.6 is 11.6 Å². The molecule has 0 bridgehead atoms. The van der Waals surface area contributed by atoms with Gasteiger partial charge in [-0.15, -0.1) is 0 Å². The number of halogens is 1. The van der Waals surface area contributed by atoms with Crippen LogP contribution in [0.5, 0.6) is 5.75 Å².